The smallest absolute Gasteiger partial charge is 0.239 e. The van der Waals surface area contributed by atoms with Crippen LogP contribution < -0.4 is 9.46 Å². The van der Waals surface area contributed by atoms with Gasteiger partial charge in [0.25, 0.3) is 0 Å². The molecule has 4 rings (SSSR count). The molecule has 4 aromatic heterocycles. The Bertz CT molecular complexity index is 1360. The summed E-state index contributed by atoms with van der Waals surface area (Å²) < 4.78 is 40.9. The minimum Gasteiger partial charge on any atom is -0.481 e. The lowest BCUT2D eigenvalue weighted by Crippen LogP contribution is -2.31. The molecule has 0 fully saturated rings. The molecule has 0 bridgehead atoms. The Morgan fingerprint density at radius 3 is 2.62 bits per heavy atom. The summed E-state index contributed by atoms with van der Waals surface area (Å²) in [6.45, 7) is 3.40. The fourth-order valence-electron chi connectivity index (χ4n) is 3.11. The van der Waals surface area contributed by atoms with Gasteiger partial charge < -0.3 is 9.26 Å². The fourth-order valence-corrected chi connectivity index (χ4v) is 4.45. The number of pyridine rings is 1. The normalized spacial score (nSPS) is 13.4. The molecule has 0 amide bonds. The Kier molecular flexibility index (Phi) is 6.75. The first kappa shape index (κ1) is 23.6. The first-order chi connectivity index (χ1) is 16.3. The largest absolute Gasteiger partial charge is 0.481 e. The highest BCUT2D eigenvalue weighted by molar-refractivity contribution is 7.93. The van der Waals surface area contributed by atoms with Gasteiger partial charge in [0, 0.05) is 30.4 Å². The van der Waals surface area contributed by atoms with Gasteiger partial charge in [0.15, 0.2) is 11.6 Å². The van der Waals surface area contributed by atoms with Crippen LogP contribution in [0.3, 0.4) is 0 Å². The van der Waals surface area contributed by atoms with Crippen molar-refractivity contribution in [1.82, 2.24) is 34.9 Å². The molecule has 0 spiro atoms. The Labute approximate surface area is 200 Å². The maximum absolute atomic E-state index is 13.2. The molecular weight excluding hydrogens is 484 g/mol. The van der Waals surface area contributed by atoms with E-state index < -0.39 is 21.2 Å². The SMILES string of the molecule is COc1cccc(-c2nnc(NS(=O)(=O)[C@@H](C)[C@H](C)c3ncc(Cl)cn3)n2Cc2ccno2)n1. The van der Waals surface area contributed by atoms with Crippen LogP contribution in [0, 0.1) is 0 Å². The van der Waals surface area contributed by atoms with Crippen molar-refractivity contribution >= 4 is 27.6 Å². The van der Waals surface area contributed by atoms with Crippen molar-refractivity contribution in [2.45, 2.75) is 31.6 Å². The molecule has 0 saturated heterocycles. The molecule has 0 aromatic carbocycles. The zero-order valence-electron chi connectivity index (χ0n) is 18.5. The molecule has 0 unspecified atom stereocenters. The second-order valence-corrected chi connectivity index (χ2v) is 9.85. The van der Waals surface area contributed by atoms with Crippen molar-refractivity contribution in [3.05, 3.63) is 59.5 Å². The third-order valence-electron chi connectivity index (χ3n) is 5.19. The van der Waals surface area contributed by atoms with E-state index in [4.69, 9.17) is 20.9 Å². The average molecular weight is 505 g/mol. The van der Waals surface area contributed by atoms with Crippen LogP contribution in [0.4, 0.5) is 5.95 Å². The van der Waals surface area contributed by atoms with E-state index in [-0.39, 0.29) is 12.5 Å². The van der Waals surface area contributed by atoms with Gasteiger partial charge in [-0.1, -0.05) is 29.7 Å². The number of ether oxygens (including phenoxy) is 1. The summed E-state index contributed by atoms with van der Waals surface area (Å²) >= 11 is 5.84. The number of nitrogens with one attached hydrogen (secondary N) is 1. The van der Waals surface area contributed by atoms with Crippen LogP contribution in [0.5, 0.6) is 5.88 Å². The quantitative estimate of drug-likeness (QED) is 0.360. The van der Waals surface area contributed by atoms with Gasteiger partial charge in [-0.25, -0.2) is 23.4 Å². The molecule has 34 heavy (non-hydrogen) atoms. The maximum Gasteiger partial charge on any atom is 0.239 e. The number of methoxy groups -OCH3 is 1. The lowest BCUT2D eigenvalue weighted by molar-refractivity contribution is 0.377. The van der Waals surface area contributed by atoms with Gasteiger partial charge in [-0.2, -0.15) is 0 Å². The topological polar surface area (TPSA) is 151 Å². The summed E-state index contributed by atoms with van der Waals surface area (Å²) in [5, 5.41) is 11.4. The highest BCUT2D eigenvalue weighted by atomic mass is 35.5. The summed E-state index contributed by atoms with van der Waals surface area (Å²) in [6, 6.07) is 6.80. The highest BCUT2D eigenvalue weighted by Gasteiger charge is 2.31. The molecule has 2 atom stereocenters. The number of halogens is 1. The molecule has 0 saturated carbocycles. The lowest BCUT2D eigenvalue weighted by atomic mass is 10.1. The van der Waals surface area contributed by atoms with Gasteiger partial charge in [0.2, 0.25) is 21.9 Å². The second kappa shape index (κ2) is 9.73. The zero-order chi connectivity index (χ0) is 24.3. The highest BCUT2D eigenvalue weighted by Crippen LogP contribution is 2.26. The van der Waals surface area contributed by atoms with Crippen molar-refractivity contribution in [2.24, 2.45) is 0 Å². The maximum atomic E-state index is 13.2. The van der Waals surface area contributed by atoms with Crippen LogP contribution in [0.15, 0.2) is 47.4 Å². The van der Waals surface area contributed by atoms with E-state index in [2.05, 4.69) is 35.0 Å². The number of hydrogen-bond donors (Lipinski definition) is 1. The van der Waals surface area contributed by atoms with Crippen LogP contribution in [0.25, 0.3) is 11.5 Å². The average Bonchev–Trinajstić information content (AvgIpc) is 3.49. The lowest BCUT2D eigenvalue weighted by Gasteiger charge is -2.20. The monoisotopic (exact) mass is 504 g/mol. The third kappa shape index (κ3) is 4.99. The number of aromatic nitrogens is 7. The van der Waals surface area contributed by atoms with E-state index in [0.29, 0.717) is 34.0 Å². The van der Waals surface area contributed by atoms with Crippen LogP contribution in [0.1, 0.15) is 31.4 Å². The van der Waals surface area contributed by atoms with E-state index in [0.717, 1.165) is 0 Å². The summed E-state index contributed by atoms with van der Waals surface area (Å²) in [6.07, 6.45) is 4.34. The van der Waals surface area contributed by atoms with Crippen LogP contribution in [-0.4, -0.2) is 55.7 Å². The van der Waals surface area contributed by atoms with Gasteiger partial charge in [-0.05, 0) is 13.0 Å². The summed E-state index contributed by atoms with van der Waals surface area (Å²) in [4.78, 5) is 12.7. The first-order valence-corrected chi connectivity index (χ1v) is 12.0. The molecule has 1 N–H and O–H groups in total. The van der Waals surface area contributed by atoms with Gasteiger partial charge in [0.1, 0.15) is 11.5 Å². The van der Waals surface area contributed by atoms with Crippen molar-refractivity contribution in [1.29, 1.82) is 0 Å². The molecule has 14 heteroatoms. The Morgan fingerprint density at radius 1 is 1.18 bits per heavy atom. The van der Waals surface area contributed by atoms with E-state index >= 15 is 0 Å². The number of hydrogen-bond acceptors (Lipinski definition) is 10. The molecular formula is C20H21ClN8O4S. The van der Waals surface area contributed by atoms with Crippen molar-refractivity contribution in [2.75, 3.05) is 11.8 Å². The van der Waals surface area contributed by atoms with Gasteiger partial charge in [-0.15, -0.1) is 10.2 Å². The Balaban J connectivity index is 1.67. The van der Waals surface area contributed by atoms with E-state index in [1.165, 1.54) is 30.3 Å². The Morgan fingerprint density at radius 2 is 1.94 bits per heavy atom. The van der Waals surface area contributed by atoms with Crippen LogP contribution in [0.2, 0.25) is 5.02 Å². The summed E-state index contributed by atoms with van der Waals surface area (Å²) in [7, 11) is -2.43. The predicted molar refractivity (Wildman–Crippen MR) is 123 cm³/mol. The van der Waals surface area contributed by atoms with Crippen LogP contribution >= 0.6 is 11.6 Å². The number of nitrogens with zero attached hydrogens (tertiary/aromatic N) is 7. The number of anilines is 1. The molecule has 178 valence electrons. The molecule has 4 heterocycles. The van der Waals surface area contributed by atoms with Crippen molar-refractivity contribution in [3.8, 4) is 17.4 Å². The third-order valence-corrected chi connectivity index (χ3v) is 7.24. The molecule has 0 radical (unpaired) electrons. The summed E-state index contributed by atoms with van der Waals surface area (Å²) in [5.41, 5.74) is 0.438. The molecule has 4 aromatic rings. The number of sulfonamides is 1. The van der Waals surface area contributed by atoms with Crippen LogP contribution in [-0.2, 0) is 16.6 Å². The van der Waals surface area contributed by atoms with Gasteiger partial charge >= 0.3 is 0 Å². The predicted octanol–water partition coefficient (Wildman–Crippen LogP) is 2.76. The van der Waals surface area contributed by atoms with E-state index in [1.807, 2.05) is 0 Å². The second-order valence-electron chi connectivity index (χ2n) is 7.38. The van der Waals surface area contributed by atoms with E-state index in [1.54, 1.807) is 38.1 Å². The Hall–Kier alpha value is -3.58. The first-order valence-electron chi connectivity index (χ1n) is 10.1. The zero-order valence-corrected chi connectivity index (χ0v) is 20.0. The summed E-state index contributed by atoms with van der Waals surface area (Å²) in [5.74, 6) is 0.980. The molecule has 0 aliphatic heterocycles. The molecule has 12 nitrogen and oxygen atoms in total. The van der Waals surface area contributed by atoms with Crippen molar-refractivity contribution < 1.29 is 17.7 Å². The number of rotatable bonds is 9. The van der Waals surface area contributed by atoms with Gasteiger partial charge in [-0.3, -0.25) is 9.29 Å². The van der Waals surface area contributed by atoms with Crippen molar-refractivity contribution in [3.63, 3.8) is 0 Å². The standard InChI is InChI=1S/C20H21ClN8O4S/c1-12(18-22-9-14(21)10-23-18)13(2)34(30,31)28-20-27-26-19(16-5-4-6-17(25-16)32-3)29(20)11-15-7-8-24-33-15/h4-10,12-13H,11H2,1-3H3,(H,27,28)/t12-,13-/m0/s1. The molecule has 0 aliphatic rings. The fraction of sp³-hybridized carbons (Fsp3) is 0.300. The van der Waals surface area contributed by atoms with E-state index in [9.17, 15) is 8.42 Å². The van der Waals surface area contributed by atoms with Gasteiger partial charge in [0.05, 0.1) is 30.1 Å². The minimum atomic E-state index is -3.93. The molecule has 0 aliphatic carbocycles. The minimum absolute atomic E-state index is 0.00732.